The Morgan fingerprint density at radius 1 is 1.33 bits per heavy atom. The van der Waals surface area contributed by atoms with Crippen molar-refractivity contribution in [3.63, 3.8) is 0 Å². The van der Waals surface area contributed by atoms with Crippen LogP contribution in [-0.2, 0) is 4.79 Å². The fourth-order valence-corrected chi connectivity index (χ4v) is 4.98. The van der Waals surface area contributed by atoms with E-state index in [0.29, 0.717) is 16.4 Å². The third-order valence-corrected chi connectivity index (χ3v) is 6.19. The first kappa shape index (κ1) is 15.8. The van der Waals surface area contributed by atoms with E-state index in [1.54, 1.807) is 6.07 Å². The number of hydrogen-bond acceptors (Lipinski definition) is 3. The average molecular weight is 352 g/mol. The van der Waals surface area contributed by atoms with Crippen molar-refractivity contribution in [3.8, 4) is 0 Å². The number of Topliss-reactive ketones (excluding diaryl/α,β-unsaturated/α-hetero) is 1. The minimum atomic E-state index is -1.24. The molecule has 4 rings (SSSR count). The Labute approximate surface area is 142 Å². The number of piperazine rings is 1. The Hall–Kier alpha value is -1.74. The number of carboxylic acids is 1. The number of ketones is 1. The van der Waals surface area contributed by atoms with Gasteiger partial charge in [-0.25, -0.2) is 9.18 Å². The molecule has 8 heteroatoms. The van der Waals surface area contributed by atoms with E-state index >= 15 is 0 Å². The van der Waals surface area contributed by atoms with E-state index in [1.165, 1.54) is 17.8 Å². The maximum atomic E-state index is 14.6. The van der Waals surface area contributed by atoms with Crippen molar-refractivity contribution in [1.82, 2.24) is 0 Å². The van der Waals surface area contributed by atoms with E-state index in [0.717, 1.165) is 36.0 Å². The van der Waals surface area contributed by atoms with Crippen LogP contribution in [0.2, 0.25) is 0 Å². The summed E-state index contributed by atoms with van der Waals surface area (Å²) in [6, 6.07) is 3.01. The van der Waals surface area contributed by atoms with Crippen molar-refractivity contribution < 1.29 is 34.2 Å². The summed E-state index contributed by atoms with van der Waals surface area (Å²) in [4.78, 5) is 26.0. The second-order valence-electron chi connectivity index (χ2n) is 6.36. The molecule has 2 saturated heterocycles. The minimum absolute atomic E-state index is 0.115. The fraction of sp³-hybridized carbons (Fsp3) is 0.375. The molecule has 3 aliphatic rings. The van der Waals surface area contributed by atoms with E-state index in [4.69, 9.17) is 0 Å². The maximum absolute atomic E-state index is 14.6. The molecule has 2 atom stereocenters. The molecule has 1 aromatic rings. The van der Waals surface area contributed by atoms with E-state index in [2.05, 4.69) is 5.32 Å². The first-order chi connectivity index (χ1) is 11.5. The number of rotatable bonds is 2. The van der Waals surface area contributed by atoms with E-state index in [1.807, 2.05) is 6.92 Å². The van der Waals surface area contributed by atoms with E-state index in [-0.39, 0.29) is 16.5 Å². The Morgan fingerprint density at radius 3 is 2.67 bits per heavy atom. The second-order valence-corrected chi connectivity index (χ2v) is 7.71. The topological polar surface area (TPSA) is 79.9 Å². The van der Waals surface area contributed by atoms with Crippen LogP contribution in [0.3, 0.4) is 0 Å². The zero-order valence-corrected chi connectivity index (χ0v) is 14.0. The molecule has 0 aromatic heterocycles. The number of nitrogens with one attached hydrogen (secondary N) is 2. The molecule has 3 heterocycles. The van der Waals surface area contributed by atoms with Gasteiger partial charge < -0.3 is 10.4 Å². The highest BCUT2D eigenvalue weighted by Gasteiger charge is 2.51. The highest BCUT2D eigenvalue weighted by molar-refractivity contribution is 8.04. The zero-order chi connectivity index (χ0) is 17.0. The molecule has 6 nitrogen and oxygen atoms in total. The van der Waals surface area contributed by atoms with Crippen LogP contribution in [0.4, 0.5) is 15.8 Å². The molecule has 2 unspecified atom stereocenters. The van der Waals surface area contributed by atoms with E-state index in [9.17, 15) is 19.1 Å². The maximum Gasteiger partial charge on any atom is 0.346 e. The molecule has 0 radical (unpaired) electrons. The van der Waals surface area contributed by atoms with Crippen LogP contribution in [0, 0.1) is 5.82 Å². The lowest BCUT2D eigenvalue weighted by Crippen LogP contribution is -3.17. The van der Waals surface area contributed by atoms with Crippen molar-refractivity contribution in [2.24, 2.45) is 0 Å². The Balaban J connectivity index is 1.83. The molecule has 0 saturated carbocycles. The lowest BCUT2D eigenvalue weighted by atomic mass is 9.96. The normalized spacial score (nSPS) is 26.7. The quantitative estimate of drug-likeness (QED) is 0.465. The lowest BCUT2D eigenvalue weighted by Gasteiger charge is -2.39. The van der Waals surface area contributed by atoms with Crippen LogP contribution in [0.15, 0.2) is 22.7 Å². The molecule has 0 amide bonds. The summed E-state index contributed by atoms with van der Waals surface area (Å²) < 4.78 is 14.6. The molecule has 3 aliphatic heterocycles. The van der Waals surface area contributed by atoms with Gasteiger partial charge in [-0.05, 0) is 24.8 Å². The monoisotopic (exact) mass is 352 g/mol. The first-order valence-electron chi connectivity index (χ1n) is 8.05. The molecule has 0 spiro atoms. The molecule has 24 heavy (non-hydrogen) atoms. The highest BCUT2D eigenvalue weighted by Crippen LogP contribution is 2.37. The number of halogens is 1. The number of hydrogen-bond donors (Lipinski definition) is 4. The number of fused-ring (bicyclic) bond motifs is 3. The van der Waals surface area contributed by atoms with Gasteiger partial charge in [0.05, 0.1) is 11.6 Å². The second kappa shape index (κ2) is 5.66. The number of nitrogens with two attached hydrogens (primary N) is 1. The predicted octanol–water partition coefficient (Wildman–Crippen LogP) is -1.98. The van der Waals surface area contributed by atoms with Crippen LogP contribution in [0.1, 0.15) is 17.3 Å². The van der Waals surface area contributed by atoms with Gasteiger partial charge in [0.2, 0.25) is 5.78 Å². The van der Waals surface area contributed by atoms with E-state index < -0.39 is 17.6 Å². The third kappa shape index (κ3) is 2.21. The van der Waals surface area contributed by atoms with Crippen molar-refractivity contribution in [2.45, 2.75) is 12.3 Å². The Kier molecular flexibility index (Phi) is 3.72. The number of carbonyl (C=O) groups excluding carboxylic acids is 1. The highest BCUT2D eigenvalue weighted by atomic mass is 32.2. The van der Waals surface area contributed by atoms with Crippen LogP contribution in [-0.4, -0.2) is 48.4 Å². The average Bonchev–Trinajstić information content (AvgIpc) is 2.55. The Bertz CT molecular complexity index is 789. The van der Waals surface area contributed by atoms with Gasteiger partial charge in [0.25, 0.3) is 0 Å². The number of thioether (sulfide) groups is 1. The summed E-state index contributed by atoms with van der Waals surface area (Å²) in [6.07, 6.45) is 0. The van der Waals surface area contributed by atoms with Gasteiger partial charge in [0.1, 0.15) is 26.2 Å². The lowest BCUT2D eigenvalue weighted by molar-refractivity contribution is -0.896. The number of quaternary nitrogens is 3. The van der Waals surface area contributed by atoms with Crippen molar-refractivity contribution in [2.75, 3.05) is 26.2 Å². The van der Waals surface area contributed by atoms with Crippen LogP contribution in [0.25, 0.3) is 0 Å². The number of carboxylic acid groups (broad SMARTS) is 1. The summed E-state index contributed by atoms with van der Waals surface area (Å²) in [7, 11) is 0. The minimum Gasteiger partial charge on any atom is -0.477 e. The molecule has 5 N–H and O–H groups in total. The van der Waals surface area contributed by atoms with Crippen LogP contribution < -0.4 is 15.1 Å². The van der Waals surface area contributed by atoms with Crippen LogP contribution in [0.5, 0.6) is 0 Å². The van der Waals surface area contributed by atoms with Gasteiger partial charge >= 0.3 is 5.97 Å². The molecule has 126 valence electrons. The summed E-state index contributed by atoms with van der Waals surface area (Å²) >= 11 is 1.40. The molecule has 0 bridgehead atoms. The van der Waals surface area contributed by atoms with Gasteiger partial charge in [0, 0.05) is 0 Å². The molecule has 2 fully saturated rings. The van der Waals surface area contributed by atoms with Gasteiger partial charge in [0.15, 0.2) is 33.2 Å². The molecular formula is C16H19FN3O3S+3. The summed E-state index contributed by atoms with van der Waals surface area (Å²) in [5.74, 6) is -2.24. The molecular weight excluding hydrogens is 333 g/mol. The van der Waals surface area contributed by atoms with Crippen molar-refractivity contribution in [1.29, 1.82) is 0 Å². The number of carbonyl (C=O) groups is 2. The SMILES string of the molecule is CC1SC2=C(C(=O)O)C(=O)c3cc(F)c([NH+]4CC[NH2+]CC4)cc3[NH+]21. The standard InChI is InChI=1S/C16H16FN3O3S/c1-8-20-11-7-12(19-4-2-18-3-5-19)10(17)6-9(11)14(21)13(16(22)23)15(20)24-8/h6-8,18H,2-5H2,1H3,(H,22,23)/p+3. The number of benzene rings is 1. The first-order valence-corrected chi connectivity index (χ1v) is 8.93. The summed E-state index contributed by atoms with van der Waals surface area (Å²) in [5, 5.41) is 12.2. The van der Waals surface area contributed by atoms with Crippen LogP contribution >= 0.6 is 11.8 Å². The van der Waals surface area contributed by atoms with Gasteiger partial charge in [-0.1, -0.05) is 0 Å². The largest absolute Gasteiger partial charge is 0.477 e. The third-order valence-electron chi connectivity index (χ3n) is 4.94. The van der Waals surface area contributed by atoms with Crippen molar-refractivity contribution in [3.05, 3.63) is 34.1 Å². The fourth-order valence-electron chi connectivity index (χ4n) is 3.74. The smallest absolute Gasteiger partial charge is 0.346 e. The summed E-state index contributed by atoms with van der Waals surface area (Å²) in [5.41, 5.74) is 1.27. The summed E-state index contributed by atoms with van der Waals surface area (Å²) in [6.45, 7) is 5.55. The Morgan fingerprint density at radius 2 is 2.04 bits per heavy atom. The molecule has 0 aliphatic carbocycles. The molecule has 1 aromatic carbocycles. The van der Waals surface area contributed by atoms with Crippen molar-refractivity contribution >= 4 is 34.9 Å². The predicted molar refractivity (Wildman–Crippen MR) is 85.1 cm³/mol. The van der Waals surface area contributed by atoms with Gasteiger partial charge in [-0.15, -0.1) is 0 Å². The van der Waals surface area contributed by atoms with Gasteiger partial charge in [-0.3, -0.25) is 14.6 Å². The van der Waals surface area contributed by atoms with Gasteiger partial charge in [-0.2, -0.15) is 0 Å². The number of aliphatic carboxylic acids is 1. The zero-order valence-electron chi connectivity index (χ0n) is 13.2.